The Morgan fingerprint density at radius 2 is 1.71 bits per heavy atom. The molecule has 0 unspecified atom stereocenters. The molecule has 0 bridgehead atoms. The molecule has 0 fully saturated rings. The first-order valence-corrected chi connectivity index (χ1v) is 8.51. The van der Waals surface area contributed by atoms with E-state index in [1.54, 1.807) is 30.3 Å². The molecule has 1 aromatic heterocycles. The van der Waals surface area contributed by atoms with Crippen molar-refractivity contribution in [3.63, 3.8) is 0 Å². The number of halogens is 2. The van der Waals surface area contributed by atoms with Gasteiger partial charge in [-0.05, 0) is 24.3 Å². The van der Waals surface area contributed by atoms with Crippen molar-refractivity contribution in [3.05, 3.63) is 96.3 Å². The van der Waals surface area contributed by atoms with Crippen LogP contribution in [0.3, 0.4) is 0 Å². The molecule has 0 saturated carbocycles. The fourth-order valence-electron chi connectivity index (χ4n) is 2.81. The number of amides is 1. The fourth-order valence-corrected chi connectivity index (χ4v) is 2.81. The van der Waals surface area contributed by atoms with Gasteiger partial charge in [-0.1, -0.05) is 42.5 Å². The van der Waals surface area contributed by atoms with Crippen LogP contribution in [0.1, 0.15) is 11.7 Å². The smallest absolute Gasteiger partial charge is 0.284 e. The highest BCUT2D eigenvalue weighted by molar-refractivity contribution is 5.91. The third kappa shape index (κ3) is 3.55. The molecule has 0 aliphatic carbocycles. The summed E-state index contributed by atoms with van der Waals surface area (Å²) < 4.78 is 33.9. The van der Waals surface area contributed by atoms with E-state index in [1.165, 1.54) is 17.1 Å². The highest BCUT2D eigenvalue weighted by Crippen LogP contribution is 2.24. The summed E-state index contributed by atoms with van der Waals surface area (Å²) >= 11 is 0. The quantitative estimate of drug-likeness (QED) is 0.565. The Hall–Kier alpha value is -3.74. The Balaban J connectivity index is 1.64. The molecule has 28 heavy (non-hydrogen) atoms. The number of ether oxygens (including phenoxy) is 1. The number of para-hydroxylation sites is 2. The zero-order valence-corrected chi connectivity index (χ0v) is 14.5. The van der Waals surface area contributed by atoms with Gasteiger partial charge in [-0.15, -0.1) is 0 Å². The zero-order chi connectivity index (χ0) is 19.5. The maximum atomic E-state index is 13.5. The maximum Gasteiger partial charge on any atom is 0.284 e. The van der Waals surface area contributed by atoms with Crippen molar-refractivity contribution in [2.24, 2.45) is 0 Å². The molecule has 140 valence electrons. The number of nitrogens with one attached hydrogen (secondary N) is 1. The third-order valence-corrected chi connectivity index (χ3v) is 4.17. The van der Waals surface area contributed by atoms with Gasteiger partial charge in [0.15, 0.2) is 11.6 Å². The van der Waals surface area contributed by atoms with E-state index in [0.717, 1.165) is 23.2 Å². The lowest BCUT2D eigenvalue weighted by Crippen LogP contribution is -2.31. The van der Waals surface area contributed by atoms with Gasteiger partial charge in [0.25, 0.3) is 5.91 Å². The molecule has 1 atom stereocenters. The lowest BCUT2D eigenvalue weighted by molar-refractivity contribution is -0.124. The van der Waals surface area contributed by atoms with Crippen molar-refractivity contribution in [1.82, 2.24) is 9.66 Å². The second-order valence-corrected chi connectivity index (χ2v) is 6.06. The number of rotatable bonds is 5. The average Bonchev–Trinajstić information content (AvgIpc) is 3.12. The number of hydrogen-bond acceptors (Lipinski definition) is 3. The predicted octanol–water partition coefficient (Wildman–Crippen LogP) is 4.20. The minimum Gasteiger partial charge on any atom is -0.476 e. The van der Waals surface area contributed by atoms with E-state index in [9.17, 15) is 13.6 Å². The third-order valence-electron chi connectivity index (χ3n) is 4.17. The zero-order valence-electron chi connectivity index (χ0n) is 14.5. The van der Waals surface area contributed by atoms with Gasteiger partial charge >= 0.3 is 0 Å². The Labute approximate surface area is 159 Å². The van der Waals surface area contributed by atoms with Crippen molar-refractivity contribution < 1.29 is 18.3 Å². The van der Waals surface area contributed by atoms with E-state index in [1.807, 2.05) is 24.3 Å². The maximum absolute atomic E-state index is 13.5. The number of nitrogens with zero attached hydrogens (tertiary/aromatic N) is 2. The van der Waals surface area contributed by atoms with Crippen LogP contribution >= 0.6 is 0 Å². The minimum atomic E-state index is -1.08. The van der Waals surface area contributed by atoms with Crippen LogP contribution < -0.4 is 10.2 Å². The van der Waals surface area contributed by atoms with Gasteiger partial charge in [0, 0.05) is 11.6 Å². The highest BCUT2D eigenvalue weighted by atomic mass is 19.2. The van der Waals surface area contributed by atoms with Crippen molar-refractivity contribution in [3.8, 4) is 5.75 Å². The average molecular weight is 379 g/mol. The van der Waals surface area contributed by atoms with Gasteiger partial charge in [0.05, 0.1) is 11.0 Å². The standard InChI is InChI=1S/C21H15F2N3O2/c22-16-11-10-15(12-17(16)23)28-20(14-6-2-1-3-7-14)21(27)25-26-13-24-18-8-4-5-9-19(18)26/h1-13,20H,(H,25,27)/t20-/m0/s1. The molecule has 5 nitrogen and oxygen atoms in total. The Kier molecular flexibility index (Phi) is 4.72. The molecule has 7 heteroatoms. The Morgan fingerprint density at radius 1 is 0.964 bits per heavy atom. The molecule has 1 N–H and O–H groups in total. The van der Waals surface area contributed by atoms with E-state index in [2.05, 4.69) is 10.4 Å². The lowest BCUT2D eigenvalue weighted by Gasteiger charge is -2.19. The fraction of sp³-hybridized carbons (Fsp3) is 0.0476. The molecule has 4 aromatic rings. The normalized spacial score (nSPS) is 11.9. The number of carbonyl (C=O) groups is 1. The summed E-state index contributed by atoms with van der Waals surface area (Å²) in [6.07, 6.45) is 0.412. The van der Waals surface area contributed by atoms with Gasteiger partial charge in [-0.25, -0.2) is 18.4 Å². The number of aromatic nitrogens is 2. The van der Waals surface area contributed by atoms with Gasteiger partial charge in [-0.2, -0.15) is 0 Å². The van der Waals surface area contributed by atoms with E-state index in [-0.39, 0.29) is 5.75 Å². The summed E-state index contributed by atoms with van der Waals surface area (Å²) in [5.41, 5.74) is 4.74. The summed E-state index contributed by atoms with van der Waals surface area (Å²) in [5, 5.41) is 0. The van der Waals surface area contributed by atoms with Gasteiger partial charge in [0.1, 0.15) is 12.1 Å². The van der Waals surface area contributed by atoms with Crippen LogP contribution in [-0.2, 0) is 4.79 Å². The molecular weight excluding hydrogens is 364 g/mol. The summed E-state index contributed by atoms with van der Waals surface area (Å²) in [5.74, 6) is -2.49. The molecule has 0 radical (unpaired) electrons. The van der Waals surface area contributed by atoms with Crippen molar-refractivity contribution >= 4 is 16.9 Å². The van der Waals surface area contributed by atoms with E-state index in [0.29, 0.717) is 5.56 Å². The van der Waals surface area contributed by atoms with Crippen LogP contribution in [0.15, 0.2) is 79.1 Å². The molecular formula is C21H15F2N3O2. The van der Waals surface area contributed by atoms with Crippen molar-refractivity contribution in [2.45, 2.75) is 6.10 Å². The molecule has 3 aromatic carbocycles. The van der Waals surface area contributed by atoms with Gasteiger partial charge < -0.3 is 4.74 Å². The Bertz CT molecular complexity index is 1130. The van der Waals surface area contributed by atoms with Crippen LogP contribution in [0.5, 0.6) is 5.75 Å². The first-order valence-electron chi connectivity index (χ1n) is 8.51. The summed E-state index contributed by atoms with van der Waals surface area (Å²) in [4.78, 5) is 17.2. The van der Waals surface area contributed by atoms with E-state index >= 15 is 0 Å². The van der Waals surface area contributed by atoms with Crippen LogP contribution in [-0.4, -0.2) is 15.6 Å². The SMILES string of the molecule is O=C(Nn1cnc2ccccc21)[C@@H](Oc1ccc(F)c(F)c1)c1ccccc1. The first kappa shape index (κ1) is 17.7. The number of fused-ring (bicyclic) bond motifs is 1. The van der Waals surface area contributed by atoms with E-state index < -0.39 is 23.6 Å². The highest BCUT2D eigenvalue weighted by Gasteiger charge is 2.24. The predicted molar refractivity (Wildman–Crippen MR) is 100 cm³/mol. The van der Waals surface area contributed by atoms with Gasteiger partial charge in [0.2, 0.25) is 6.10 Å². The molecule has 0 aliphatic rings. The van der Waals surface area contributed by atoms with Crippen molar-refractivity contribution in [1.29, 1.82) is 0 Å². The second kappa shape index (κ2) is 7.48. The molecule has 0 aliphatic heterocycles. The summed E-state index contributed by atoms with van der Waals surface area (Å²) in [7, 11) is 0. The minimum absolute atomic E-state index is 0.0402. The summed E-state index contributed by atoms with van der Waals surface area (Å²) in [6.45, 7) is 0. The van der Waals surface area contributed by atoms with Crippen LogP contribution in [0.25, 0.3) is 11.0 Å². The largest absolute Gasteiger partial charge is 0.476 e. The van der Waals surface area contributed by atoms with Crippen LogP contribution in [0.2, 0.25) is 0 Å². The number of hydrogen-bond donors (Lipinski definition) is 1. The molecule has 1 amide bonds. The Morgan fingerprint density at radius 3 is 2.50 bits per heavy atom. The van der Waals surface area contributed by atoms with Crippen LogP contribution in [0.4, 0.5) is 8.78 Å². The first-order chi connectivity index (χ1) is 13.6. The summed E-state index contributed by atoms with van der Waals surface area (Å²) in [6, 6.07) is 19.2. The molecule has 4 rings (SSSR count). The van der Waals surface area contributed by atoms with Crippen molar-refractivity contribution in [2.75, 3.05) is 5.43 Å². The van der Waals surface area contributed by atoms with E-state index in [4.69, 9.17) is 4.74 Å². The number of benzene rings is 3. The monoisotopic (exact) mass is 379 g/mol. The topological polar surface area (TPSA) is 56.2 Å². The molecule has 1 heterocycles. The van der Waals surface area contributed by atoms with Gasteiger partial charge in [-0.3, -0.25) is 10.2 Å². The lowest BCUT2D eigenvalue weighted by atomic mass is 10.1. The van der Waals surface area contributed by atoms with Crippen LogP contribution in [0, 0.1) is 11.6 Å². The number of imidazole rings is 1. The molecule has 0 saturated heterocycles. The second-order valence-electron chi connectivity index (χ2n) is 6.06. The molecule has 0 spiro atoms. The number of carbonyl (C=O) groups excluding carboxylic acids is 1.